The Balaban J connectivity index is 0.00000144. The van der Waals surface area contributed by atoms with E-state index in [4.69, 9.17) is 0 Å². The third-order valence-corrected chi connectivity index (χ3v) is 1.63. The predicted molar refractivity (Wildman–Crippen MR) is 53.3 cm³/mol. The van der Waals surface area contributed by atoms with E-state index in [-0.39, 0.29) is 13.2 Å². The van der Waals surface area contributed by atoms with Gasteiger partial charge in [0.2, 0.25) is 11.5 Å². The zero-order valence-electron chi connectivity index (χ0n) is 8.16. The van der Waals surface area contributed by atoms with E-state index in [2.05, 4.69) is 6.58 Å². The van der Waals surface area contributed by atoms with Crippen LogP contribution in [0.15, 0.2) is 37.1 Å². The first-order valence-electron chi connectivity index (χ1n) is 3.86. The van der Waals surface area contributed by atoms with Crippen molar-refractivity contribution in [2.75, 3.05) is 0 Å². The molecule has 0 spiro atoms. The Bertz CT molecular complexity index is 305. The molecule has 0 fully saturated rings. The lowest BCUT2D eigenvalue weighted by Gasteiger charge is -1.96. The number of rotatable bonds is 3. The number of ketones is 1. The Morgan fingerprint density at radius 2 is 2.31 bits per heavy atom. The number of allylic oxidation sites excluding steroid dienone is 1. The number of hydrogen-bond donors (Lipinski definition) is 0. The van der Waals surface area contributed by atoms with Gasteiger partial charge in [0, 0.05) is 19.1 Å². The maximum atomic E-state index is 11.1. The molecule has 0 atom stereocenters. The summed E-state index contributed by atoms with van der Waals surface area (Å²) >= 11 is 0. The van der Waals surface area contributed by atoms with E-state index in [0.717, 1.165) is 5.69 Å². The van der Waals surface area contributed by atoms with Gasteiger partial charge in [-0.2, -0.15) is 4.57 Å². The summed E-state index contributed by atoms with van der Waals surface area (Å²) in [5.41, 5.74) is 0.720. The fourth-order valence-corrected chi connectivity index (χ4v) is 1.09. The third-order valence-electron chi connectivity index (χ3n) is 1.63. The zero-order valence-corrected chi connectivity index (χ0v) is 8.16. The second-order valence-corrected chi connectivity index (χ2v) is 2.58. The van der Waals surface area contributed by atoms with Gasteiger partial charge in [-0.05, 0) is 12.1 Å². The third kappa shape index (κ3) is 2.82. The van der Waals surface area contributed by atoms with E-state index in [9.17, 15) is 4.79 Å². The lowest BCUT2D eigenvalue weighted by Crippen LogP contribution is -2.38. The molecule has 0 radical (unpaired) electrons. The van der Waals surface area contributed by atoms with Gasteiger partial charge >= 0.3 is 0 Å². The second kappa shape index (κ2) is 5.25. The average molecular weight is 177 g/mol. The van der Waals surface area contributed by atoms with Crippen LogP contribution in [-0.2, 0) is 6.54 Å². The van der Waals surface area contributed by atoms with Crippen molar-refractivity contribution in [1.82, 2.24) is 0 Å². The number of hydrogen-bond acceptors (Lipinski definition) is 1. The molecule has 2 nitrogen and oxygen atoms in total. The number of carbonyl (C=O) groups excluding carboxylic acids is 1. The van der Waals surface area contributed by atoms with E-state index < -0.39 is 0 Å². The molecule has 0 bridgehead atoms. The van der Waals surface area contributed by atoms with Crippen LogP contribution < -0.4 is 4.57 Å². The normalized spacial score (nSPS) is 8.69. The summed E-state index contributed by atoms with van der Waals surface area (Å²) in [6.07, 6.45) is 3.64. The van der Waals surface area contributed by atoms with Gasteiger partial charge in [-0.25, -0.2) is 0 Å². The molecule has 70 valence electrons. The Labute approximate surface area is 79.5 Å². The van der Waals surface area contributed by atoms with Crippen molar-refractivity contribution in [1.29, 1.82) is 0 Å². The summed E-state index contributed by atoms with van der Waals surface area (Å²) in [6, 6.07) is 5.57. The topological polar surface area (TPSA) is 20.9 Å². The first-order valence-corrected chi connectivity index (χ1v) is 3.86. The number of Topliss-reactive ketones (excluding diaryl/α,β-unsaturated/α-hetero) is 1. The van der Waals surface area contributed by atoms with Gasteiger partial charge < -0.3 is 7.43 Å². The first-order chi connectivity index (χ1) is 5.75. The minimum Gasteiger partial charge on any atom is -0.358 e. The van der Waals surface area contributed by atoms with Crippen LogP contribution in [0.4, 0.5) is 0 Å². The van der Waals surface area contributed by atoms with Gasteiger partial charge in [0.15, 0.2) is 12.7 Å². The van der Waals surface area contributed by atoms with Crippen LogP contribution in [0.2, 0.25) is 0 Å². The minimum absolute atomic E-state index is 0. The van der Waals surface area contributed by atoms with Crippen LogP contribution in [0.1, 0.15) is 17.4 Å². The Morgan fingerprint density at radius 1 is 1.62 bits per heavy atom. The lowest BCUT2D eigenvalue weighted by molar-refractivity contribution is -0.688. The average Bonchev–Trinajstić information content (AvgIpc) is 2.05. The molecule has 0 amide bonds. The fourth-order valence-electron chi connectivity index (χ4n) is 1.09. The van der Waals surface area contributed by atoms with Gasteiger partial charge in [-0.15, -0.1) is 0 Å². The molecule has 0 aromatic carbocycles. The highest BCUT2D eigenvalue weighted by Crippen LogP contribution is 1.92. The van der Waals surface area contributed by atoms with Crippen molar-refractivity contribution in [2.45, 2.75) is 13.5 Å². The number of nitrogens with zero attached hydrogens (tertiary/aromatic N) is 1. The minimum atomic E-state index is 0. The molecule has 1 aromatic heterocycles. The highest BCUT2D eigenvalue weighted by atomic mass is 16.1. The van der Waals surface area contributed by atoms with Crippen molar-refractivity contribution in [3.8, 4) is 0 Å². The largest absolute Gasteiger partial charge is 0.358 e. The molecule has 0 saturated heterocycles. The summed E-state index contributed by atoms with van der Waals surface area (Å²) in [7, 11) is 0. The Kier molecular flexibility index (Phi) is 4.67. The highest BCUT2D eigenvalue weighted by molar-refractivity contribution is 5.90. The molecule has 0 unspecified atom stereocenters. The predicted octanol–water partition coefficient (Wildman–Crippen LogP) is 1.81. The lowest BCUT2D eigenvalue weighted by atomic mass is 10.2. The van der Waals surface area contributed by atoms with Crippen molar-refractivity contribution in [3.05, 3.63) is 50.2 Å². The summed E-state index contributed by atoms with van der Waals surface area (Å²) in [5, 5.41) is 0. The molecular weight excluding hydrogens is 162 g/mol. The van der Waals surface area contributed by atoms with E-state index in [0.29, 0.717) is 6.54 Å². The maximum absolute atomic E-state index is 11.1. The van der Waals surface area contributed by atoms with E-state index in [1.807, 2.05) is 29.0 Å². The second-order valence-electron chi connectivity index (χ2n) is 2.58. The van der Waals surface area contributed by atoms with Gasteiger partial charge in [0.05, 0.1) is 0 Å². The summed E-state index contributed by atoms with van der Waals surface area (Å²) in [6.45, 7) is 5.87. The van der Waals surface area contributed by atoms with Crippen molar-refractivity contribution in [2.24, 2.45) is 0 Å². The molecular formula is C11H15NO. The van der Waals surface area contributed by atoms with Crippen LogP contribution in [-0.4, -0.2) is 5.78 Å². The van der Waals surface area contributed by atoms with Gasteiger partial charge in [0.25, 0.3) is 0 Å². The van der Waals surface area contributed by atoms with Gasteiger partial charge in [-0.1, -0.05) is 6.58 Å². The molecule has 1 heterocycles. The quantitative estimate of drug-likeness (QED) is 0.298. The van der Waals surface area contributed by atoms with Crippen molar-refractivity contribution < 1.29 is 9.36 Å². The maximum Gasteiger partial charge on any atom is 0.248 e. The molecule has 1 rings (SSSR count). The molecule has 2 heteroatoms. The Morgan fingerprint density at radius 3 is 2.85 bits per heavy atom. The van der Waals surface area contributed by atoms with E-state index >= 15 is 0 Å². The van der Waals surface area contributed by atoms with Crippen LogP contribution in [0.5, 0.6) is 0 Å². The van der Waals surface area contributed by atoms with Crippen LogP contribution in [0.25, 0.3) is 0 Å². The molecule has 0 N–H and O–H groups in total. The summed E-state index contributed by atoms with van der Waals surface area (Å²) < 4.78 is 1.87. The molecule has 1 aromatic rings. The summed E-state index contributed by atoms with van der Waals surface area (Å²) in [4.78, 5) is 11.1. The highest BCUT2D eigenvalue weighted by Gasteiger charge is 2.11. The van der Waals surface area contributed by atoms with E-state index in [1.165, 1.54) is 0 Å². The van der Waals surface area contributed by atoms with Crippen molar-refractivity contribution >= 4 is 5.78 Å². The van der Waals surface area contributed by atoms with Crippen LogP contribution >= 0.6 is 0 Å². The number of aromatic nitrogens is 1. The number of carbonyl (C=O) groups is 1. The fraction of sp³-hybridized carbons (Fsp3) is 0.182. The number of pyridine rings is 1. The van der Waals surface area contributed by atoms with Crippen LogP contribution in [0, 0.1) is 7.43 Å². The van der Waals surface area contributed by atoms with Crippen LogP contribution in [0.3, 0.4) is 0 Å². The Hall–Kier alpha value is -1.44. The zero-order chi connectivity index (χ0) is 8.97. The molecule has 0 aliphatic carbocycles. The van der Waals surface area contributed by atoms with Gasteiger partial charge in [0.1, 0.15) is 0 Å². The SMILES string of the molecule is C=CC[n+]1ccccc1C(C)=O.[CH3-]. The molecule has 0 aliphatic heterocycles. The standard InChI is InChI=1S/C10H12NO.CH3/c1-3-7-11-8-5-4-6-10(11)9(2)12;/h3-6,8H,1,7H2,2H3;1H3/q+1;-1. The van der Waals surface area contributed by atoms with E-state index in [1.54, 1.807) is 13.0 Å². The molecule has 0 aliphatic rings. The summed E-state index contributed by atoms with van der Waals surface area (Å²) in [5.74, 6) is 0.0810. The monoisotopic (exact) mass is 177 g/mol. The molecule has 0 saturated carbocycles. The first kappa shape index (κ1) is 11.6. The molecule has 13 heavy (non-hydrogen) atoms. The van der Waals surface area contributed by atoms with Crippen molar-refractivity contribution in [3.63, 3.8) is 0 Å². The van der Waals surface area contributed by atoms with Gasteiger partial charge in [-0.3, -0.25) is 4.79 Å². The smallest absolute Gasteiger partial charge is 0.248 e.